The van der Waals surface area contributed by atoms with Crippen LogP contribution in [0.2, 0.25) is 0 Å². The molecule has 0 unspecified atom stereocenters. The van der Waals surface area contributed by atoms with Crippen molar-refractivity contribution in [3.8, 4) is 0 Å². The monoisotopic (exact) mass is 260 g/mol. The van der Waals surface area contributed by atoms with Crippen LogP contribution in [0.25, 0.3) is 0 Å². The molecule has 2 aromatic rings. The first-order valence-electron chi connectivity index (χ1n) is 6.20. The zero-order valence-electron chi connectivity index (χ0n) is 11.4. The van der Waals surface area contributed by atoms with Crippen molar-refractivity contribution in [2.75, 3.05) is 5.32 Å². The molecule has 0 spiro atoms. The maximum Gasteiger partial charge on any atom is 0.0532 e. The maximum atomic E-state index is 4.18. The van der Waals surface area contributed by atoms with Gasteiger partial charge in [-0.05, 0) is 36.1 Å². The van der Waals surface area contributed by atoms with Crippen LogP contribution in [0.15, 0.2) is 30.6 Å². The molecule has 18 heavy (non-hydrogen) atoms. The Kier molecular flexibility index (Phi) is 3.71. The third kappa shape index (κ3) is 3.33. The van der Waals surface area contributed by atoms with E-state index in [0.29, 0.717) is 0 Å². The molecule has 0 fully saturated rings. The minimum Gasteiger partial charge on any atom is -0.379 e. The quantitative estimate of drug-likeness (QED) is 0.887. The molecule has 1 N–H and O–H groups in total. The van der Waals surface area contributed by atoms with Crippen LogP contribution in [-0.2, 0) is 12.0 Å². The van der Waals surface area contributed by atoms with Gasteiger partial charge in [-0.15, -0.1) is 11.3 Å². The predicted octanol–water partition coefficient (Wildman–Crippen LogP) is 4.36. The van der Waals surface area contributed by atoms with Gasteiger partial charge >= 0.3 is 0 Å². The lowest BCUT2D eigenvalue weighted by Gasteiger charge is -2.15. The third-order valence-corrected chi connectivity index (χ3v) is 4.25. The van der Waals surface area contributed by atoms with Gasteiger partial charge in [-0.2, -0.15) is 0 Å². The number of thiophene rings is 1. The Morgan fingerprint density at radius 1 is 1.22 bits per heavy atom. The molecule has 3 heteroatoms. The van der Waals surface area contributed by atoms with E-state index in [0.717, 1.165) is 12.2 Å². The Balaban J connectivity index is 2.01. The van der Waals surface area contributed by atoms with Crippen LogP contribution < -0.4 is 5.32 Å². The topological polar surface area (TPSA) is 24.9 Å². The molecular weight excluding hydrogens is 240 g/mol. The van der Waals surface area contributed by atoms with Crippen LogP contribution >= 0.6 is 11.3 Å². The average Bonchev–Trinajstić information content (AvgIpc) is 2.74. The molecule has 2 rings (SSSR count). The zero-order valence-corrected chi connectivity index (χ0v) is 12.3. The molecular formula is C15H20N2S. The van der Waals surface area contributed by atoms with Gasteiger partial charge in [0, 0.05) is 28.7 Å². The van der Waals surface area contributed by atoms with Crippen molar-refractivity contribution < 1.29 is 0 Å². The Hall–Kier alpha value is -1.35. The molecule has 0 atom stereocenters. The summed E-state index contributed by atoms with van der Waals surface area (Å²) in [4.78, 5) is 6.98. The molecule has 2 aromatic heterocycles. The summed E-state index contributed by atoms with van der Waals surface area (Å²) < 4.78 is 0. The predicted molar refractivity (Wildman–Crippen MR) is 79.3 cm³/mol. The number of nitrogens with one attached hydrogen (secondary N) is 1. The van der Waals surface area contributed by atoms with E-state index >= 15 is 0 Å². The minimum absolute atomic E-state index is 0.244. The number of pyridine rings is 1. The minimum atomic E-state index is 0.244. The number of hydrogen-bond acceptors (Lipinski definition) is 3. The van der Waals surface area contributed by atoms with Gasteiger partial charge in [-0.1, -0.05) is 20.8 Å². The molecule has 0 aromatic carbocycles. The highest BCUT2D eigenvalue weighted by molar-refractivity contribution is 7.12. The summed E-state index contributed by atoms with van der Waals surface area (Å²) in [5.74, 6) is 0. The van der Waals surface area contributed by atoms with E-state index in [1.807, 2.05) is 23.7 Å². The van der Waals surface area contributed by atoms with Crippen molar-refractivity contribution in [3.63, 3.8) is 0 Å². The van der Waals surface area contributed by atoms with E-state index in [4.69, 9.17) is 0 Å². The van der Waals surface area contributed by atoms with E-state index in [1.165, 1.54) is 15.3 Å². The van der Waals surface area contributed by atoms with E-state index in [9.17, 15) is 0 Å². The summed E-state index contributed by atoms with van der Waals surface area (Å²) in [5.41, 5.74) is 2.51. The van der Waals surface area contributed by atoms with Crippen LogP contribution in [0.3, 0.4) is 0 Å². The second kappa shape index (κ2) is 5.11. The Morgan fingerprint density at radius 3 is 2.61 bits per heavy atom. The number of aromatic nitrogens is 1. The molecule has 0 aliphatic heterocycles. The molecule has 2 heterocycles. The summed E-state index contributed by atoms with van der Waals surface area (Å²) >= 11 is 1.88. The highest BCUT2D eigenvalue weighted by atomic mass is 32.1. The fourth-order valence-electron chi connectivity index (χ4n) is 1.72. The normalized spacial score (nSPS) is 11.6. The first kappa shape index (κ1) is 13.1. The summed E-state index contributed by atoms with van der Waals surface area (Å²) in [6.45, 7) is 9.68. The van der Waals surface area contributed by atoms with Gasteiger partial charge < -0.3 is 5.32 Å². The van der Waals surface area contributed by atoms with Gasteiger partial charge in [0.15, 0.2) is 0 Å². The van der Waals surface area contributed by atoms with Crippen LogP contribution in [0.4, 0.5) is 5.69 Å². The lowest BCUT2D eigenvalue weighted by atomic mass is 9.95. The van der Waals surface area contributed by atoms with E-state index in [-0.39, 0.29) is 5.41 Å². The number of anilines is 1. The molecule has 0 radical (unpaired) electrons. The number of nitrogens with zero attached hydrogens (tertiary/aromatic N) is 1. The van der Waals surface area contributed by atoms with Crippen LogP contribution in [0, 0.1) is 6.92 Å². The van der Waals surface area contributed by atoms with Gasteiger partial charge in [0.2, 0.25) is 0 Å². The van der Waals surface area contributed by atoms with E-state index in [1.54, 1.807) is 0 Å². The van der Waals surface area contributed by atoms with Crippen molar-refractivity contribution >= 4 is 17.0 Å². The van der Waals surface area contributed by atoms with Gasteiger partial charge in [-0.3, -0.25) is 4.98 Å². The first-order chi connectivity index (χ1) is 8.45. The molecule has 0 amide bonds. The molecule has 96 valence electrons. The Morgan fingerprint density at radius 2 is 2.00 bits per heavy atom. The SMILES string of the molecule is Cc1cncc(NCc2ccc(C(C)(C)C)s2)c1. The number of rotatable bonds is 3. The van der Waals surface area contributed by atoms with Gasteiger partial charge in [-0.25, -0.2) is 0 Å². The van der Waals surface area contributed by atoms with Crippen LogP contribution in [-0.4, -0.2) is 4.98 Å². The number of aryl methyl sites for hydroxylation is 1. The molecule has 0 aliphatic carbocycles. The second-order valence-electron chi connectivity index (χ2n) is 5.62. The van der Waals surface area contributed by atoms with Crippen molar-refractivity contribution in [1.29, 1.82) is 0 Å². The van der Waals surface area contributed by atoms with Crippen molar-refractivity contribution in [2.24, 2.45) is 0 Å². The molecule has 0 saturated carbocycles. The van der Waals surface area contributed by atoms with E-state index in [2.05, 4.69) is 56.2 Å². The molecule has 0 bridgehead atoms. The molecule has 0 saturated heterocycles. The Labute approximate surface area is 113 Å². The summed E-state index contributed by atoms with van der Waals surface area (Å²) in [7, 11) is 0. The smallest absolute Gasteiger partial charge is 0.0532 e. The zero-order chi connectivity index (χ0) is 13.2. The van der Waals surface area contributed by atoms with Crippen LogP contribution in [0.5, 0.6) is 0 Å². The fourth-order valence-corrected chi connectivity index (χ4v) is 2.72. The van der Waals surface area contributed by atoms with Crippen LogP contribution in [0.1, 0.15) is 36.1 Å². The highest BCUT2D eigenvalue weighted by Crippen LogP contribution is 2.29. The van der Waals surface area contributed by atoms with Crippen molar-refractivity contribution in [2.45, 2.75) is 39.7 Å². The Bertz CT molecular complexity index is 523. The second-order valence-corrected chi connectivity index (χ2v) is 6.79. The van der Waals surface area contributed by atoms with Crippen molar-refractivity contribution in [3.05, 3.63) is 45.9 Å². The maximum absolute atomic E-state index is 4.18. The van der Waals surface area contributed by atoms with Gasteiger partial charge in [0.1, 0.15) is 0 Å². The highest BCUT2D eigenvalue weighted by Gasteiger charge is 2.15. The lowest BCUT2D eigenvalue weighted by molar-refractivity contribution is 0.604. The fraction of sp³-hybridized carbons (Fsp3) is 0.400. The summed E-state index contributed by atoms with van der Waals surface area (Å²) in [6.07, 6.45) is 3.74. The standard InChI is InChI=1S/C15H20N2S/c1-11-7-12(9-16-8-11)17-10-13-5-6-14(18-13)15(2,3)4/h5-9,17H,10H2,1-4H3. The lowest BCUT2D eigenvalue weighted by Crippen LogP contribution is -2.07. The first-order valence-corrected chi connectivity index (χ1v) is 7.01. The van der Waals surface area contributed by atoms with Gasteiger partial charge in [0.05, 0.1) is 5.69 Å². The number of hydrogen-bond donors (Lipinski definition) is 1. The summed E-state index contributed by atoms with van der Waals surface area (Å²) in [6, 6.07) is 6.56. The van der Waals surface area contributed by atoms with Gasteiger partial charge in [0.25, 0.3) is 0 Å². The largest absolute Gasteiger partial charge is 0.379 e. The summed E-state index contributed by atoms with van der Waals surface area (Å²) in [5, 5.41) is 3.41. The molecule has 2 nitrogen and oxygen atoms in total. The van der Waals surface area contributed by atoms with Crippen molar-refractivity contribution in [1.82, 2.24) is 4.98 Å². The average molecular weight is 260 g/mol. The third-order valence-electron chi connectivity index (χ3n) is 2.74. The molecule has 0 aliphatic rings. The van der Waals surface area contributed by atoms with E-state index < -0.39 is 0 Å².